The smallest absolute Gasteiger partial charge is 0.0587 e. The monoisotopic (exact) mass is 211 g/mol. The van der Waals surface area contributed by atoms with Crippen LogP contribution in [0.5, 0.6) is 0 Å². The van der Waals surface area contributed by atoms with Crippen molar-refractivity contribution in [2.45, 2.75) is 32.9 Å². The van der Waals surface area contributed by atoms with E-state index in [1.165, 1.54) is 0 Å². The molecule has 0 saturated carbocycles. The van der Waals surface area contributed by atoms with E-state index in [9.17, 15) is 5.11 Å². The SMILES string of the molecule is CC(NC(CO)C(C)C)c1cnn(C)c1. The Bertz CT molecular complexity index is 296. The molecule has 0 spiro atoms. The molecule has 2 unspecified atom stereocenters. The number of nitrogens with one attached hydrogen (secondary N) is 1. The lowest BCUT2D eigenvalue weighted by atomic mass is 10.0. The zero-order chi connectivity index (χ0) is 11.4. The highest BCUT2D eigenvalue weighted by molar-refractivity contribution is 5.09. The van der Waals surface area contributed by atoms with Crippen molar-refractivity contribution in [1.29, 1.82) is 0 Å². The second kappa shape index (κ2) is 5.28. The first-order chi connectivity index (χ1) is 7.04. The van der Waals surface area contributed by atoms with Crippen LogP contribution in [0.4, 0.5) is 0 Å². The van der Waals surface area contributed by atoms with Gasteiger partial charge in [-0.25, -0.2) is 0 Å². The lowest BCUT2D eigenvalue weighted by molar-refractivity contribution is 0.201. The average molecular weight is 211 g/mol. The van der Waals surface area contributed by atoms with Crippen LogP contribution in [0.15, 0.2) is 12.4 Å². The molecule has 1 aromatic rings. The quantitative estimate of drug-likeness (QED) is 0.766. The number of hydrogen-bond acceptors (Lipinski definition) is 3. The lowest BCUT2D eigenvalue weighted by Gasteiger charge is -2.24. The maximum absolute atomic E-state index is 9.21. The Morgan fingerprint density at radius 3 is 2.53 bits per heavy atom. The van der Waals surface area contributed by atoms with Gasteiger partial charge in [0.05, 0.1) is 12.8 Å². The summed E-state index contributed by atoms with van der Waals surface area (Å²) >= 11 is 0. The maximum Gasteiger partial charge on any atom is 0.0587 e. The molecule has 2 atom stereocenters. The Labute approximate surface area is 91.3 Å². The van der Waals surface area contributed by atoms with Crippen LogP contribution in [0, 0.1) is 5.92 Å². The summed E-state index contributed by atoms with van der Waals surface area (Å²) in [5.41, 5.74) is 1.15. The van der Waals surface area contributed by atoms with Crippen molar-refractivity contribution in [2.75, 3.05) is 6.61 Å². The first-order valence-electron chi connectivity index (χ1n) is 5.40. The average Bonchev–Trinajstić information content (AvgIpc) is 2.60. The first kappa shape index (κ1) is 12.2. The van der Waals surface area contributed by atoms with Crippen LogP contribution >= 0.6 is 0 Å². The van der Waals surface area contributed by atoms with Gasteiger partial charge in [-0.1, -0.05) is 13.8 Å². The van der Waals surface area contributed by atoms with Gasteiger partial charge in [-0.15, -0.1) is 0 Å². The van der Waals surface area contributed by atoms with E-state index in [2.05, 4.69) is 31.2 Å². The Hall–Kier alpha value is -0.870. The highest BCUT2D eigenvalue weighted by Crippen LogP contribution is 2.13. The van der Waals surface area contributed by atoms with Crippen LogP contribution < -0.4 is 5.32 Å². The van der Waals surface area contributed by atoms with Gasteiger partial charge in [0.25, 0.3) is 0 Å². The molecule has 15 heavy (non-hydrogen) atoms. The molecule has 0 amide bonds. The van der Waals surface area contributed by atoms with Gasteiger partial charge in [0.15, 0.2) is 0 Å². The van der Waals surface area contributed by atoms with Gasteiger partial charge in [-0.3, -0.25) is 4.68 Å². The van der Waals surface area contributed by atoms with E-state index in [4.69, 9.17) is 0 Å². The Balaban J connectivity index is 2.58. The van der Waals surface area contributed by atoms with Gasteiger partial charge >= 0.3 is 0 Å². The largest absolute Gasteiger partial charge is 0.395 e. The Morgan fingerprint density at radius 1 is 1.47 bits per heavy atom. The molecule has 1 heterocycles. The van der Waals surface area contributed by atoms with Gasteiger partial charge in [0.2, 0.25) is 0 Å². The highest BCUT2D eigenvalue weighted by atomic mass is 16.3. The van der Waals surface area contributed by atoms with E-state index in [1.54, 1.807) is 4.68 Å². The summed E-state index contributed by atoms with van der Waals surface area (Å²) in [6.07, 6.45) is 3.85. The van der Waals surface area contributed by atoms with Crippen molar-refractivity contribution >= 4 is 0 Å². The molecule has 0 bridgehead atoms. The number of aryl methyl sites for hydroxylation is 1. The number of hydrogen-bond donors (Lipinski definition) is 2. The van der Waals surface area contributed by atoms with Crippen LogP contribution in [0.2, 0.25) is 0 Å². The summed E-state index contributed by atoms with van der Waals surface area (Å²) < 4.78 is 1.79. The molecule has 0 aromatic carbocycles. The van der Waals surface area contributed by atoms with Gasteiger partial charge in [0, 0.05) is 30.9 Å². The molecule has 1 aromatic heterocycles. The fourth-order valence-corrected chi connectivity index (χ4v) is 1.54. The van der Waals surface area contributed by atoms with Crippen molar-refractivity contribution in [2.24, 2.45) is 13.0 Å². The second-order valence-corrected chi connectivity index (χ2v) is 4.37. The number of rotatable bonds is 5. The minimum Gasteiger partial charge on any atom is -0.395 e. The summed E-state index contributed by atoms with van der Waals surface area (Å²) in [5.74, 6) is 0.425. The van der Waals surface area contributed by atoms with Gasteiger partial charge in [-0.05, 0) is 12.8 Å². The van der Waals surface area contributed by atoms with Crippen molar-refractivity contribution in [3.63, 3.8) is 0 Å². The standard InChI is InChI=1S/C11H21N3O/c1-8(2)11(7-15)13-9(3)10-5-12-14(4)6-10/h5-6,8-9,11,13,15H,7H2,1-4H3. The van der Waals surface area contributed by atoms with Crippen molar-refractivity contribution < 1.29 is 5.11 Å². The Kier molecular flexibility index (Phi) is 4.29. The normalized spacial score (nSPS) is 15.6. The highest BCUT2D eigenvalue weighted by Gasteiger charge is 2.16. The van der Waals surface area contributed by atoms with Gasteiger partial charge < -0.3 is 10.4 Å². The summed E-state index contributed by atoms with van der Waals surface area (Å²) in [6, 6.07) is 0.360. The minimum atomic E-state index is 0.139. The molecule has 0 aliphatic heterocycles. The van der Waals surface area contributed by atoms with Crippen LogP contribution in [0.1, 0.15) is 32.4 Å². The third-order valence-electron chi connectivity index (χ3n) is 2.69. The third-order valence-corrected chi connectivity index (χ3v) is 2.69. The fraction of sp³-hybridized carbons (Fsp3) is 0.727. The van der Waals surface area contributed by atoms with E-state index in [0.29, 0.717) is 5.92 Å². The molecule has 0 aliphatic rings. The van der Waals surface area contributed by atoms with Crippen molar-refractivity contribution in [3.05, 3.63) is 18.0 Å². The summed E-state index contributed by atoms with van der Waals surface area (Å²) in [5, 5.41) is 16.7. The van der Waals surface area contributed by atoms with Crippen LogP contribution in [-0.2, 0) is 7.05 Å². The summed E-state index contributed by atoms with van der Waals surface area (Å²) in [6.45, 7) is 6.46. The predicted molar refractivity (Wildman–Crippen MR) is 60.5 cm³/mol. The van der Waals surface area contributed by atoms with E-state index in [0.717, 1.165) is 5.56 Å². The topological polar surface area (TPSA) is 50.1 Å². The molecule has 0 aliphatic carbocycles. The second-order valence-electron chi connectivity index (χ2n) is 4.37. The van der Waals surface area contributed by atoms with Crippen LogP contribution in [-0.4, -0.2) is 27.5 Å². The van der Waals surface area contributed by atoms with Crippen LogP contribution in [0.3, 0.4) is 0 Å². The number of aromatic nitrogens is 2. The molecule has 2 N–H and O–H groups in total. The first-order valence-corrected chi connectivity index (χ1v) is 5.40. The van der Waals surface area contributed by atoms with E-state index < -0.39 is 0 Å². The number of aliphatic hydroxyl groups excluding tert-OH is 1. The van der Waals surface area contributed by atoms with E-state index in [1.807, 2.05) is 19.4 Å². The minimum absolute atomic E-state index is 0.139. The molecule has 86 valence electrons. The molecule has 4 nitrogen and oxygen atoms in total. The van der Waals surface area contributed by atoms with E-state index >= 15 is 0 Å². The maximum atomic E-state index is 9.21. The van der Waals surface area contributed by atoms with Crippen molar-refractivity contribution in [1.82, 2.24) is 15.1 Å². The van der Waals surface area contributed by atoms with Crippen LogP contribution in [0.25, 0.3) is 0 Å². The summed E-state index contributed by atoms with van der Waals surface area (Å²) in [4.78, 5) is 0. The van der Waals surface area contributed by atoms with E-state index in [-0.39, 0.29) is 18.7 Å². The molecule has 4 heteroatoms. The molecule has 0 radical (unpaired) electrons. The summed E-state index contributed by atoms with van der Waals surface area (Å²) in [7, 11) is 1.90. The lowest BCUT2D eigenvalue weighted by Crippen LogP contribution is -2.38. The zero-order valence-corrected chi connectivity index (χ0v) is 9.94. The van der Waals surface area contributed by atoms with Crippen molar-refractivity contribution in [3.8, 4) is 0 Å². The zero-order valence-electron chi connectivity index (χ0n) is 9.94. The number of aliphatic hydroxyl groups is 1. The Morgan fingerprint density at radius 2 is 2.13 bits per heavy atom. The predicted octanol–water partition coefficient (Wildman–Crippen LogP) is 1.09. The van der Waals surface area contributed by atoms with Gasteiger partial charge in [0.1, 0.15) is 0 Å². The van der Waals surface area contributed by atoms with Gasteiger partial charge in [-0.2, -0.15) is 5.10 Å². The fourth-order valence-electron chi connectivity index (χ4n) is 1.54. The molecule has 0 saturated heterocycles. The molecular weight excluding hydrogens is 190 g/mol. The molecule has 1 rings (SSSR count). The third kappa shape index (κ3) is 3.32. The molecular formula is C11H21N3O. The number of nitrogens with zero attached hydrogens (tertiary/aromatic N) is 2. The molecule has 0 fully saturated rings.